The Labute approximate surface area is 103 Å². The van der Waals surface area contributed by atoms with Crippen molar-refractivity contribution in [2.45, 2.75) is 63.4 Å². The zero-order chi connectivity index (χ0) is 12.2. The highest BCUT2D eigenvalue weighted by molar-refractivity contribution is 4.87. The summed E-state index contributed by atoms with van der Waals surface area (Å²) in [4.78, 5) is 0. The highest BCUT2D eigenvalue weighted by Gasteiger charge is 2.52. The molecule has 2 rings (SSSR count). The monoisotopic (exact) mass is 244 g/mol. The maximum absolute atomic E-state index is 8.68. The van der Waals surface area contributed by atoms with Crippen molar-refractivity contribution in [2.75, 3.05) is 19.8 Å². The quantitative estimate of drug-likeness (QED) is 0.697. The third-order valence-electron chi connectivity index (χ3n) is 3.59. The lowest BCUT2D eigenvalue weighted by molar-refractivity contribution is -0.369. The van der Waals surface area contributed by atoms with Crippen LogP contribution in [0, 0.1) is 0 Å². The minimum atomic E-state index is -0.746. The Bertz CT molecular complexity index is 246. The second-order valence-electron chi connectivity index (χ2n) is 5.36. The van der Waals surface area contributed by atoms with Crippen LogP contribution in [0.1, 0.15) is 51.9 Å². The molecule has 2 unspecified atom stereocenters. The van der Waals surface area contributed by atoms with Crippen LogP contribution in [0.5, 0.6) is 0 Å². The third-order valence-corrected chi connectivity index (χ3v) is 3.59. The van der Waals surface area contributed by atoms with Crippen molar-refractivity contribution in [1.82, 2.24) is 0 Å². The van der Waals surface area contributed by atoms with Crippen LogP contribution in [-0.2, 0) is 14.2 Å². The molecular weight excluding hydrogens is 220 g/mol. The lowest BCUT2D eigenvalue weighted by Gasteiger charge is -2.35. The van der Waals surface area contributed by atoms with E-state index in [4.69, 9.17) is 19.3 Å². The van der Waals surface area contributed by atoms with Gasteiger partial charge in [-0.3, -0.25) is 0 Å². The summed E-state index contributed by atoms with van der Waals surface area (Å²) in [6, 6.07) is 0. The molecule has 2 aliphatic rings. The number of aliphatic hydroxyl groups is 1. The van der Waals surface area contributed by atoms with Crippen LogP contribution >= 0.6 is 0 Å². The fourth-order valence-electron chi connectivity index (χ4n) is 2.49. The Morgan fingerprint density at radius 2 is 1.82 bits per heavy atom. The maximum atomic E-state index is 8.68. The zero-order valence-corrected chi connectivity index (χ0v) is 10.7. The second kappa shape index (κ2) is 5.65. The molecule has 0 aromatic heterocycles. The Hall–Kier alpha value is -0.160. The first-order chi connectivity index (χ1) is 8.18. The summed E-state index contributed by atoms with van der Waals surface area (Å²) >= 11 is 0. The summed E-state index contributed by atoms with van der Waals surface area (Å²) in [6.07, 6.45) is 7.12. The van der Waals surface area contributed by atoms with E-state index in [0.29, 0.717) is 13.2 Å². The summed E-state index contributed by atoms with van der Waals surface area (Å²) in [7, 11) is 0. The first kappa shape index (κ1) is 13.3. The van der Waals surface area contributed by atoms with E-state index in [9.17, 15) is 0 Å². The van der Waals surface area contributed by atoms with Gasteiger partial charge in [-0.15, -0.1) is 0 Å². The predicted molar refractivity (Wildman–Crippen MR) is 63.5 cm³/mol. The molecule has 2 heterocycles. The van der Waals surface area contributed by atoms with Crippen LogP contribution in [0.3, 0.4) is 0 Å². The molecule has 4 heteroatoms. The summed E-state index contributed by atoms with van der Waals surface area (Å²) in [6.45, 7) is 3.79. The van der Waals surface area contributed by atoms with Crippen molar-refractivity contribution in [3.8, 4) is 0 Å². The lowest BCUT2D eigenvalue weighted by Crippen LogP contribution is -2.43. The SMILES string of the molecule is CC12CCOC(CCCCCCCO)(OC1)O2. The maximum Gasteiger partial charge on any atom is 0.283 e. The Morgan fingerprint density at radius 1 is 1.06 bits per heavy atom. The molecule has 2 saturated heterocycles. The number of unbranched alkanes of at least 4 members (excludes halogenated alkanes) is 4. The van der Waals surface area contributed by atoms with Gasteiger partial charge in [0.1, 0.15) is 0 Å². The third kappa shape index (κ3) is 3.41. The van der Waals surface area contributed by atoms with Crippen LogP contribution in [0.2, 0.25) is 0 Å². The van der Waals surface area contributed by atoms with E-state index in [0.717, 1.165) is 51.6 Å². The van der Waals surface area contributed by atoms with E-state index in [1.165, 1.54) is 0 Å². The molecule has 2 atom stereocenters. The van der Waals surface area contributed by atoms with Crippen molar-refractivity contribution in [3.63, 3.8) is 0 Å². The minimum Gasteiger partial charge on any atom is -0.396 e. The highest BCUT2D eigenvalue weighted by Crippen LogP contribution is 2.41. The van der Waals surface area contributed by atoms with E-state index >= 15 is 0 Å². The first-order valence-electron chi connectivity index (χ1n) is 6.77. The number of hydrogen-bond donors (Lipinski definition) is 1. The topological polar surface area (TPSA) is 47.9 Å². The number of aliphatic hydroxyl groups excluding tert-OH is 1. The van der Waals surface area contributed by atoms with Crippen LogP contribution in [0.15, 0.2) is 0 Å². The smallest absolute Gasteiger partial charge is 0.283 e. The fraction of sp³-hybridized carbons (Fsp3) is 1.00. The van der Waals surface area contributed by atoms with Crippen molar-refractivity contribution in [1.29, 1.82) is 0 Å². The van der Waals surface area contributed by atoms with E-state index in [1.54, 1.807) is 0 Å². The summed E-state index contributed by atoms with van der Waals surface area (Å²) in [5.41, 5.74) is -0.130. The molecule has 4 nitrogen and oxygen atoms in total. The minimum absolute atomic E-state index is 0.130. The summed E-state index contributed by atoms with van der Waals surface area (Å²) in [5.74, 6) is -0.746. The van der Waals surface area contributed by atoms with Gasteiger partial charge >= 0.3 is 0 Å². The summed E-state index contributed by atoms with van der Waals surface area (Å²) in [5, 5.41) is 8.68. The lowest BCUT2D eigenvalue weighted by atomic mass is 10.0. The van der Waals surface area contributed by atoms with Gasteiger partial charge in [-0.2, -0.15) is 0 Å². The molecular formula is C13H24O4. The average Bonchev–Trinajstić information content (AvgIpc) is 2.55. The average molecular weight is 244 g/mol. The molecule has 2 fully saturated rings. The largest absolute Gasteiger partial charge is 0.396 e. The molecule has 100 valence electrons. The molecule has 0 aromatic rings. The Kier molecular flexibility index (Phi) is 4.42. The van der Waals surface area contributed by atoms with E-state index in [-0.39, 0.29) is 5.60 Å². The predicted octanol–water partition coefficient (Wildman–Crippen LogP) is 2.20. The molecule has 2 bridgehead atoms. The number of ether oxygens (including phenoxy) is 3. The van der Waals surface area contributed by atoms with Crippen molar-refractivity contribution >= 4 is 0 Å². The highest BCUT2D eigenvalue weighted by atomic mass is 16.9. The second-order valence-corrected chi connectivity index (χ2v) is 5.36. The fourth-order valence-corrected chi connectivity index (χ4v) is 2.49. The van der Waals surface area contributed by atoms with E-state index in [1.807, 2.05) is 0 Å². The molecule has 0 spiro atoms. The van der Waals surface area contributed by atoms with Crippen molar-refractivity contribution in [2.24, 2.45) is 0 Å². The Morgan fingerprint density at radius 3 is 2.65 bits per heavy atom. The van der Waals surface area contributed by atoms with Gasteiger partial charge in [0.15, 0.2) is 0 Å². The van der Waals surface area contributed by atoms with Gasteiger partial charge in [0.05, 0.1) is 18.8 Å². The number of hydrogen-bond acceptors (Lipinski definition) is 4. The van der Waals surface area contributed by atoms with Gasteiger partial charge in [0, 0.05) is 19.4 Å². The normalized spacial score (nSPS) is 36.4. The first-order valence-corrected chi connectivity index (χ1v) is 6.77. The van der Waals surface area contributed by atoms with Gasteiger partial charge in [-0.05, 0) is 19.8 Å². The van der Waals surface area contributed by atoms with Crippen LogP contribution in [0.4, 0.5) is 0 Å². The zero-order valence-electron chi connectivity index (χ0n) is 10.7. The molecule has 0 amide bonds. The van der Waals surface area contributed by atoms with Gasteiger partial charge in [-0.25, -0.2) is 0 Å². The van der Waals surface area contributed by atoms with Gasteiger partial charge < -0.3 is 19.3 Å². The van der Waals surface area contributed by atoms with Gasteiger partial charge in [0.2, 0.25) is 0 Å². The molecule has 0 radical (unpaired) electrons. The molecule has 2 aliphatic heterocycles. The van der Waals surface area contributed by atoms with Crippen molar-refractivity contribution in [3.05, 3.63) is 0 Å². The molecule has 1 N–H and O–H groups in total. The number of fused-ring (bicyclic) bond motifs is 2. The molecule has 0 aliphatic carbocycles. The standard InChI is InChI=1S/C13H24O4/c1-12-8-10-15-13(17-12,16-11-12)7-5-3-2-4-6-9-14/h14H,2-11H2,1H3. The molecule has 0 aromatic carbocycles. The van der Waals surface area contributed by atoms with Gasteiger partial charge in [0.25, 0.3) is 5.97 Å². The van der Waals surface area contributed by atoms with Crippen LogP contribution in [-0.4, -0.2) is 36.5 Å². The summed E-state index contributed by atoms with van der Waals surface area (Å²) < 4.78 is 17.3. The number of rotatable bonds is 7. The van der Waals surface area contributed by atoms with Crippen LogP contribution in [0.25, 0.3) is 0 Å². The van der Waals surface area contributed by atoms with Gasteiger partial charge in [-0.1, -0.05) is 19.3 Å². The Balaban J connectivity index is 1.65. The van der Waals surface area contributed by atoms with Crippen molar-refractivity contribution < 1.29 is 19.3 Å². The molecule has 17 heavy (non-hydrogen) atoms. The van der Waals surface area contributed by atoms with E-state index in [2.05, 4.69) is 6.92 Å². The van der Waals surface area contributed by atoms with Crippen LogP contribution < -0.4 is 0 Å². The molecule has 0 saturated carbocycles. The van der Waals surface area contributed by atoms with E-state index < -0.39 is 5.97 Å².